The molecule has 2 aromatic rings. The zero-order valence-corrected chi connectivity index (χ0v) is 13.1. The standard InChI is InChI=1S/C17H19N3O4/c21-15(19-17(9-16(22)23)6-7-24-12-17)8-13-10-18-20(11-13)14-4-2-1-3-5-14/h1-5,10-11H,6-9,12H2,(H,19,21)(H,22,23). The van der Waals surface area contributed by atoms with Gasteiger partial charge >= 0.3 is 5.97 Å². The molecule has 1 saturated heterocycles. The van der Waals surface area contributed by atoms with Crippen LogP contribution < -0.4 is 5.32 Å². The van der Waals surface area contributed by atoms with E-state index in [1.807, 2.05) is 30.3 Å². The molecule has 1 aliphatic rings. The third-order valence-electron chi connectivity index (χ3n) is 4.02. The van der Waals surface area contributed by atoms with Crippen LogP contribution >= 0.6 is 0 Å². The molecule has 1 amide bonds. The number of nitrogens with zero attached hydrogens (tertiary/aromatic N) is 2. The van der Waals surface area contributed by atoms with E-state index in [0.717, 1.165) is 11.3 Å². The molecule has 7 heteroatoms. The van der Waals surface area contributed by atoms with Crippen molar-refractivity contribution in [1.82, 2.24) is 15.1 Å². The molecule has 1 atom stereocenters. The van der Waals surface area contributed by atoms with E-state index < -0.39 is 11.5 Å². The number of carboxylic acid groups (broad SMARTS) is 1. The first-order valence-corrected chi connectivity index (χ1v) is 7.76. The van der Waals surface area contributed by atoms with Crippen LogP contribution in [-0.4, -0.2) is 45.5 Å². The Balaban J connectivity index is 1.64. The molecule has 1 aromatic heterocycles. The van der Waals surface area contributed by atoms with E-state index in [4.69, 9.17) is 9.84 Å². The van der Waals surface area contributed by atoms with Crippen LogP contribution in [0, 0.1) is 0 Å². The smallest absolute Gasteiger partial charge is 0.305 e. The topological polar surface area (TPSA) is 93.5 Å². The zero-order chi connectivity index (χ0) is 17.0. The fraction of sp³-hybridized carbons (Fsp3) is 0.353. The number of carboxylic acids is 1. The van der Waals surface area contributed by atoms with Gasteiger partial charge in [0.05, 0.1) is 36.9 Å². The maximum absolute atomic E-state index is 12.3. The van der Waals surface area contributed by atoms with Crippen LogP contribution in [0.1, 0.15) is 18.4 Å². The number of carbonyl (C=O) groups is 2. The molecule has 0 bridgehead atoms. The number of aliphatic carboxylic acids is 1. The Labute approximate surface area is 139 Å². The summed E-state index contributed by atoms with van der Waals surface area (Å²) in [5.74, 6) is -1.17. The molecule has 2 N–H and O–H groups in total. The lowest BCUT2D eigenvalue weighted by molar-refractivity contribution is -0.139. The summed E-state index contributed by atoms with van der Waals surface area (Å²) in [6, 6.07) is 9.61. The summed E-state index contributed by atoms with van der Waals surface area (Å²) in [4.78, 5) is 23.3. The van der Waals surface area contributed by atoms with Gasteiger partial charge in [-0.2, -0.15) is 5.10 Å². The molecular weight excluding hydrogens is 310 g/mol. The number of hydrogen-bond acceptors (Lipinski definition) is 4. The van der Waals surface area contributed by atoms with Crippen LogP contribution in [0.4, 0.5) is 0 Å². The molecule has 7 nitrogen and oxygen atoms in total. The average molecular weight is 329 g/mol. The van der Waals surface area contributed by atoms with Crippen LogP contribution in [0.15, 0.2) is 42.7 Å². The number of hydrogen-bond donors (Lipinski definition) is 2. The monoisotopic (exact) mass is 329 g/mol. The van der Waals surface area contributed by atoms with Crippen molar-refractivity contribution < 1.29 is 19.4 Å². The van der Waals surface area contributed by atoms with Gasteiger partial charge in [0.1, 0.15) is 0 Å². The number of ether oxygens (including phenoxy) is 1. The molecule has 1 aromatic carbocycles. The van der Waals surface area contributed by atoms with Gasteiger partial charge in [0.15, 0.2) is 0 Å². The normalized spacial score (nSPS) is 20.0. The van der Waals surface area contributed by atoms with Crippen molar-refractivity contribution in [1.29, 1.82) is 0 Å². The van der Waals surface area contributed by atoms with E-state index in [1.54, 1.807) is 17.1 Å². The number of rotatable bonds is 6. The molecule has 0 saturated carbocycles. The van der Waals surface area contributed by atoms with Crippen LogP contribution in [-0.2, 0) is 20.7 Å². The highest BCUT2D eigenvalue weighted by atomic mass is 16.5. The minimum Gasteiger partial charge on any atom is -0.481 e. The Morgan fingerprint density at radius 1 is 1.33 bits per heavy atom. The predicted molar refractivity (Wildman–Crippen MR) is 85.8 cm³/mol. The van der Waals surface area contributed by atoms with Crippen molar-refractivity contribution in [2.75, 3.05) is 13.2 Å². The quantitative estimate of drug-likeness (QED) is 0.829. The average Bonchev–Trinajstić information content (AvgIpc) is 3.17. The Morgan fingerprint density at radius 2 is 2.12 bits per heavy atom. The van der Waals surface area contributed by atoms with Crippen LogP contribution in [0.25, 0.3) is 5.69 Å². The number of para-hydroxylation sites is 1. The van der Waals surface area contributed by atoms with Crippen molar-refractivity contribution in [3.8, 4) is 5.69 Å². The predicted octanol–water partition coefficient (Wildman–Crippen LogP) is 1.16. The van der Waals surface area contributed by atoms with Crippen LogP contribution in [0.2, 0.25) is 0 Å². The Bertz CT molecular complexity index is 720. The van der Waals surface area contributed by atoms with Gasteiger partial charge in [-0.15, -0.1) is 0 Å². The molecule has 24 heavy (non-hydrogen) atoms. The lowest BCUT2D eigenvalue weighted by Gasteiger charge is -2.26. The highest BCUT2D eigenvalue weighted by Gasteiger charge is 2.38. The number of benzene rings is 1. The van der Waals surface area contributed by atoms with Crippen molar-refractivity contribution in [3.05, 3.63) is 48.3 Å². The van der Waals surface area contributed by atoms with Crippen LogP contribution in [0.5, 0.6) is 0 Å². The van der Waals surface area contributed by atoms with Gasteiger partial charge in [0.25, 0.3) is 0 Å². The summed E-state index contributed by atoms with van der Waals surface area (Å²) in [6.45, 7) is 0.688. The second kappa shape index (κ2) is 6.84. The molecule has 1 unspecified atom stereocenters. The van der Waals surface area contributed by atoms with E-state index in [1.165, 1.54) is 0 Å². The number of nitrogens with one attached hydrogen (secondary N) is 1. The van der Waals surface area contributed by atoms with Crippen LogP contribution in [0.3, 0.4) is 0 Å². The number of carbonyl (C=O) groups excluding carboxylic acids is 1. The first-order chi connectivity index (χ1) is 11.6. The maximum atomic E-state index is 12.3. The lowest BCUT2D eigenvalue weighted by atomic mass is 9.94. The minimum atomic E-state index is -0.947. The van der Waals surface area contributed by atoms with Gasteiger partial charge in [-0.3, -0.25) is 9.59 Å². The number of aromatic nitrogens is 2. The first-order valence-electron chi connectivity index (χ1n) is 7.76. The molecular formula is C17H19N3O4. The third-order valence-corrected chi connectivity index (χ3v) is 4.02. The molecule has 3 rings (SSSR count). The van der Waals surface area contributed by atoms with E-state index in [-0.39, 0.29) is 25.4 Å². The summed E-state index contributed by atoms with van der Waals surface area (Å²) in [5, 5.41) is 16.1. The van der Waals surface area contributed by atoms with Gasteiger partial charge in [-0.25, -0.2) is 4.68 Å². The van der Waals surface area contributed by atoms with Crippen molar-refractivity contribution in [2.24, 2.45) is 0 Å². The minimum absolute atomic E-state index is 0.137. The van der Waals surface area contributed by atoms with Gasteiger partial charge in [0, 0.05) is 12.8 Å². The Hall–Kier alpha value is -2.67. The van der Waals surface area contributed by atoms with Gasteiger partial charge in [-0.05, 0) is 24.1 Å². The Kier molecular flexibility index (Phi) is 4.61. The second-order valence-electron chi connectivity index (χ2n) is 6.01. The molecule has 0 radical (unpaired) electrons. The second-order valence-corrected chi connectivity index (χ2v) is 6.01. The Morgan fingerprint density at radius 3 is 2.79 bits per heavy atom. The molecule has 1 aliphatic heterocycles. The highest BCUT2D eigenvalue weighted by Crippen LogP contribution is 2.23. The lowest BCUT2D eigenvalue weighted by Crippen LogP contribution is -2.51. The summed E-state index contributed by atoms with van der Waals surface area (Å²) in [6.07, 6.45) is 3.95. The van der Waals surface area contributed by atoms with Gasteiger partial charge in [-0.1, -0.05) is 18.2 Å². The molecule has 0 aliphatic carbocycles. The first kappa shape index (κ1) is 16.2. The van der Waals surface area contributed by atoms with Crippen molar-refractivity contribution in [3.63, 3.8) is 0 Å². The third kappa shape index (κ3) is 3.80. The molecule has 2 heterocycles. The van der Waals surface area contributed by atoms with Gasteiger partial charge in [0.2, 0.25) is 5.91 Å². The van der Waals surface area contributed by atoms with E-state index in [0.29, 0.717) is 13.0 Å². The summed E-state index contributed by atoms with van der Waals surface area (Å²) < 4.78 is 6.98. The van der Waals surface area contributed by atoms with E-state index in [2.05, 4.69) is 10.4 Å². The molecule has 126 valence electrons. The van der Waals surface area contributed by atoms with Crippen molar-refractivity contribution >= 4 is 11.9 Å². The SMILES string of the molecule is O=C(O)CC1(NC(=O)Cc2cnn(-c3ccccc3)c2)CCOC1. The fourth-order valence-electron chi connectivity index (χ4n) is 2.88. The number of amides is 1. The van der Waals surface area contributed by atoms with E-state index >= 15 is 0 Å². The van der Waals surface area contributed by atoms with Gasteiger partial charge < -0.3 is 15.2 Å². The van der Waals surface area contributed by atoms with Crippen molar-refractivity contribution in [2.45, 2.75) is 24.8 Å². The fourth-order valence-corrected chi connectivity index (χ4v) is 2.88. The molecule has 0 spiro atoms. The summed E-state index contributed by atoms with van der Waals surface area (Å²) in [7, 11) is 0. The summed E-state index contributed by atoms with van der Waals surface area (Å²) in [5.41, 5.74) is 0.870. The highest BCUT2D eigenvalue weighted by molar-refractivity contribution is 5.80. The zero-order valence-electron chi connectivity index (χ0n) is 13.1. The largest absolute Gasteiger partial charge is 0.481 e. The summed E-state index contributed by atoms with van der Waals surface area (Å²) >= 11 is 0. The molecule has 1 fully saturated rings. The van der Waals surface area contributed by atoms with E-state index in [9.17, 15) is 9.59 Å². The maximum Gasteiger partial charge on any atom is 0.305 e.